The maximum atomic E-state index is 4.26. The highest BCUT2D eigenvalue weighted by atomic mass is 15.2. The van der Waals surface area contributed by atoms with Gasteiger partial charge in [0.1, 0.15) is 0 Å². The number of hydrogen-bond donors (Lipinski definition) is 1. The van der Waals surface area contributed by atoms with Gasteiger partial charge >= 0.3 is 0 Å². The molecule has 0 aliphatic carbocycles. The summed E-state index contributed by atoms with van der Waals surface area (Å²) in [7, 11) is 0. The van der Waals surface area contributed by atoms with Gasteiger partial charge in [-0.2, -0.15) is 0 Å². The minimum atomic E-state index is 0.782. The van der Waals surface area contributed by atoms with Gasteiger partial charge < -0.3 is 10.2 Å². The zero-order valence-electron chi connectivity index (χ0n) is 12.2. The lowest BCUT2D eigenvalue weighted by atomic mass is 10.1. The second kappa shape index (κ2) is 7.60. The standard InChI is InChI=1S/C14H16N4.C2H6/c1-6-16-14(17-7-1)12-2-4-13(5-3-12)18-10-8-15-9-11-18;1-2/h1-7,15H,8-11H2;1-2H3. The fourth-order valence-electron chi connectivity index (χ4n) is 2.19. The largest absolute Gasteiger partial charge is 0.369 e. The van der Waals surface area contributed by atoms with Gasteiger partial charge in [-0.1, -0.05) is 13.8 Å². The number of benzene rings is 1. The molecule has 2 aromatic rings. The summed E-state index contributed by atoms with van der Waals surface area (Å²) in [6.45, 7) is 8.26. The first-order valence-electron chi connectivity index (χ1n) is 7.26. The molecule has 0 radical (unpaired) electrons. The van der Waals surface area contributed by atoms with Crippen molar-refractivity contribution in [2.75, 3.05) is 31.1 Å². The van der Waals surface area contributed by atoms with Gasteiger partial charge in [0.2, 0.25) is 0 Å². The zero-order valence-corrected chi connectivity index (χ0v) is 12.2. The third-order valence-electron chi connectivity index (χ3n) is 3.17. The molecule has 1 saturated heterocycles. The minimum Gasteiger partial charge on any atom is -0.369 e. The molecule has 0 amide bonds. The molecule has 0 spiro atoms. The molecular formula is C16H22N4. The van der Waals surface area contributed by atoms with Crippen molar-refractivity contribution in [1.82, 2.24) is 15.3 Å². The number of aromatic nitrogens is 2. The van der Waals surface area contributed by atoms with Gasteiger partial charge in [0.15, 0.2) is 5.82 Å². The van der Waals surface area contributed by atoms with Crippen molar-refractivity contribution >= 4 is 5.69 Å². The summed E-state index contributed by atoms with van der Waals surface area (Å²) < 4.78 is 0. The number of anilines is 1. The zero-order chi connectivity index (χ0) is 14.2. The van der Waals surface area contributed by atoms with Crippen LogP contribution in [0.2, 0.25) is 0 Å². The van der Waals surface area contributed by atoms with Crippen molar-refractivity contribution < 1.29 is 0 Å². The van der Waals surface area contributed by atoms with Gasteiger partial charge in [0, 0.05) is 49.8 Å². The lowest BCUT2D eigenvalue weighted by Gasteiger charge is -2.29. The molecule has 1 fully saturated rings. The van der Waals surface area contributed by atoms with Gasteiger partial charge in [0.05, 0.1) is 0 Å². The van der Waals surface area contributed by atoms with Gasteiger partial charge in [0.25, 0.3) is 0 Å². The molecule has 106 valence electrons. The molecule has 0 unspecified atom stereocenters. The van der Waals surface area contributed by atoms with E-state index in [0.717, 1.165) is 37.6 Å². The molecule has 0 atom stereocenters. The van der Waals surface area contributed by atoms with Crippen LogP contribution >= 0.6 is 0 Å². The SMILES string of the molecule is CC.c1cnc(-c2ccc(N3CCNCC3)cc2)nc1. The molecule has 2 heterocycles. The van der Waals surface area contributed by atoms with Crippen LogP contribution in [-0.2, 0) is 0 Å². The van der Waals surface area contributed by atoms with Crippen LogP contribution in [0.5, 0.6) is 0 Å². The molecule has 20 heavy (non-hydrogen) atoms. The predicted octanol–water partition coefficient (Wildman–Crippen LogP) is 2.58. The van der Waals surface area contributed by atoms with Crippen LogP contribution in [-0.4, -0.2) is 36.1 Å². The van der Waals surface area contributed by atoms with Crippen LogP contribution in [0.1, 0.15) is 13.8 Å². The third-order valence-corrected chi connectivity index (χ3v) is 3.17. The highest BCUT2D eigenvalue weighted by molar-refractivity contribution is 5.60. The van der Waals surface area contributed by atoms with Crippen LogP contribution in [0.4, 0.5) is 5.69 Å². The average Bonchev–Trinajstić information content (AvgIpc) is 2.58. The Bertz CT molecular complexity index is 490. The van der Waals surface area contributed by atoms with Crippen molar-refractivity contribution in [3.8, 4) is 11.4 Å². The monoisotopic (exact) mass is 270 g/mol. The molecule has 3 rings (SSSR count). The van der Waals surface area contributed by atoms with Crippen LogP contribution in [0.15, 0.2) is 42.7 Å². The van der Waals surface area contributed by atoms with E-state index in [1.54, 1.807) is 12.4 Å². The highest BCUT2D eigenvalue weighted by Gasteiger charge is 2.10. The third kappa shape index (κ3) is 3.54. The van der Waals surface area contributed by atoms with E-state index in [0.29, 0.717) is 0 Å². The second-order valence-electron chi connectivity index (χ2n) is 4.36. The van der Waals surface area contributed by atoms with E-state index >= 15 is 0 Å². The van der Waals surface area contributed by atoms with E-state index in [1.807, 2.05) is 19.9 Å². The quantitative estimate of drug-likeness (QED) is 0.910. The maximum Gasteiger partial charge on any atom is 0.159 e. The summed E-state index contributed by atoms with van der Waals surface area (Å²) in [5.74, 6) is 0.782. The van der Waals surface area contributed by atoms with Crippen molar-refractivity contribution in [2.45, 2.75) is 13.8 Å². The smallest absolute Gasteiger partial charge is 0.159 e. The summed E-state index contributed by atoms with van der Waals surface area (Å²) in [4.78, 5) is 10.9. The van der Waals surface area contributed by atoms with Crippen LogP contribution in [0.25, 0.3) is 11.4 Å². The number of piperazine rings is 1. The van der Waals surface area contributed by atoms with E-state index in [4.69, 9.17) is 0 Å². The Morgan fingerprint density at radius 1 is 0.950 bits per heavy atom. The van der Waals surface area contributed by atoms with Crippen molar-refractivity contribution in [3.05, 3.63) is 42.7 Å². The maximum absolute atomic E-state index is 4.26. The highest BCUT2D eigenvalue weighted by Crippen LogP contribution is 2.20. The molecule has 0 bridgehead atoms. The summed E-state index contributed by atoms with van der Waals surface area (Å²) in [6, 6.07) is 10.3. The number of rotatable bonds is 2. The van der Waals surface area contributed by atoms with E-state index in [9.17, 15) is 0 Å². The van der Waals surface area contributed by atoms with E-state index in [2.05, 4.69) is 44.5 Å². The van der Waals surface area contributed by atoms with Gasteiger partial charge in [-0.15, -0.1) is 0 Å². The first-order chi connectivity index (χ1) is 9.93. The van der Waals surface area contributed by atoms with Crippen LogP contribution < -0.4 is 10.2 Å². The van der Waals surface area contributed by atoms with E-state index < -0.39 is 0 Å². The summed E-state index contributed by atoms with van der Waals surface area (Å²) in [5.41, 5.74) is 2.34. The summed E-state index contributed by atoms with van der Waals surface area (Å²) >= 11 is 0. The van der Waals surface area contributed by atoms with E-state index in [1.165, 1.54) is 5.69 Å². The molecule has 1 aromatic carbocycles. The molecule has 1 aromatic heterocycles. The van der Waals surface area contributed by atoms with Crippen LogP contribution in [0, 0.1) is 0 Å². The number of nitrogens with zero attached hydrogens (tertiary/aromatic N) is 3. The topological polar surface area (TPSA) is 41.1 Å². The Hall–Kier alpha value is -1.94. The molecule has 1 aliphatic heterocycles. The van der Waals surface area contributed by atoms with E-state index in [-0.39, 0.29) is 0 Å². The first kappa shape index (κ1) is 14.5. The molecule has 0 saturated carbocycles. The van der Waals surface area contributed by atoms with Crippen molar-refractivity contribution in [2.24, 2.45) is 0 Å². The Morgan fingerprint density at radius 3 is 2.15 bits per heavy atom. The number of nitrogens with one attached hydrogen (secondary N) is 1. The van der Waals surface area contributed by atoms with Gasteiger partial charge in [-0.25, -0.2) is 9.97 Å². The molecule has 1 N–H and O–H groups in total. The Morgan fingerprint density at radius 2 is 1.55 bits per heavy atom. The fraction of sp³-hybridized carbons (Fsp3) is 0.375. The Labute approximate surface area is 120 Å². The van der Waals surface area contributed by atoms with Crippen LogP contribution in [0.3, 0.4) is 0 Å². The Kier molecular flexibility index (Phi) is 5.50. The minimum absolute atomic E-state index is 0.782. The molecule has 1 aliphatic rings. The summed E-state index contributed by atoms with van der Waals surface area (Å²) in [5, 5.41) is 3.36. The fourth-order valence-corrected chi connectivity index (χ4v) is 2.19. The molecule has 4 nitrogen and oxygen atoms in total. The van der Waals surface area contributed by atoms with Gasteiger partial charge in [-0.3, -0.25) is 0 Å². The first-order valence-corrected chi connectivity index (χ1v) is 7.26. The normalized spacial score (nSPS) is 14.4. The molecular weight excluding hydrogens is 248 g/mol. The lowest BCUT2D eigenvalue weighted by Crippen LogP contribution is -2.43. The Balaban J connectivity index is 0.000000704. The predicted molar refractivity (Wildman–Crippen MR) is 83.9 cm³/mol. The summed E-state index contributed by atoms with van der Waals surface area (Å²) in [6.07, 6.45) is 3.54. The average molecular weight is 270 g/mol. The van der Waals surface area contributed by atoms with Gasteiger partial charge in [-0.05, 0) is 30.3 Å². The second-order valence-corrected chi connectivity index (χ2v) is 4.36. The molecule has 4 heteroatoms. The van der Waals surface area contributed by atoms with Crippen molar-refractivity contribution in [1.29, 1.82) is 0 Å². The van der Waals surface area contributed by atoms with Crippen molar-refractivity contribution in [3.63, 3.8) is 0 Å². The lowest BCUT2D eigenvalue weighted by molar-refractivity contribution is 0.589. The number of hydrogen-bond acceptors (Lipinski definition) is 4.